The minimum Gasteiger partial charge on any atom is -0.456 e. The van der Waals surface area contributed by atoms with Gasteiger partial charge in [-0.25, -0.2) is 0 Å². The molecule has 4 nitrogen and oxygen atoms in total. The van der Waals surface area contributed by atoms with Crippen LogP contribution in [0.15, 0.2) is 277 Å². The van der Waals surface area contributed by atoms with E-state index in [2.05, 4.69) is 276 Å². The van der Waals surface area contributed by atoms with Gasteiger partial charge in [0.15, 0.2) is 0 Å². The molecule has 0 amide bonds. The van der Waals surface area contributed by atoms with E-state index in [9.17, 15) is 0 Å². The van der Waals surface area contributed by atoms with E-state index in [4.69, 9.17) is 4.42 Å². The van der Waals surface area contributed by atoms with Crippen LogP contribution in [-0.2, 0) is 0 Å². The molecule has 0 aliphatic rings. The van der Waals surface area contributed by atoms with Crippen LogP contribution in [0.4, 0.5) is 51.2 Å². The molecule has 0 saturated heterocycles. The average Bonchev–Trinajstić information content (AvgIpc) is 3.78. The normalized spacial score (nSPS) is 11.2. The van der Waals surface area contributed by atoms with Gasteiger partial charge in [0, 0.05) is 61.7 Å². The van der Waals surface area contributed by atoms with Gasteiger partial charge in [0.25, 0.3) is 0 Å². The van der Waals surface area contributed by atoms with E-state index < -0.39 is 0 Å². The maximum atomic E-state index is 6.35. The molecular weight excluding hydrogens is 827 g/mol. The lowest BCUT2D eigenvalue weighted by atomic mass is 9.95. The van der Waals surface area contributed by atoms with Crippen LogP contribution in [0.5, 0.6) is 0 Å². The van der Waals surface area contributed by atoms with E-state index in [-0.39, 0.29) is 0 Å². The topological polar surface area (TPSA) is 22.9 Å². The molecule has 0 fully saturated rings. The van der Waals surface area contributed by atoms with Gasteiger partial charge in [-0.1, -0.05) is 164 Å². The summed E-state index contributed by atoms with van der Waals surface area (Å²) in [6.07, 6.45) is 0. The molecule has 12 rings (SSSR count). The van der Waals surface area contributed by atoms with Gasteiger partial charge in [0.05, 0.1) is 5.69 Å². The number of hydrogen-bond donors (Lipinski definition) is 0. The number of hydrogen-bond acceptors (Lipinski definition) is 4. The highest BCUT2D eigenvalue weighted by Crippen LogP contribution is 2.47. The maximum absolute atomic E-state index is 6.35. The summed E-state index contributed by atoms with van der Waals surface area (Å²) in [4.78, 5) is 7.12. The van der Waals surface area contributed by atoms with Crippen molar-refractivity contribution in [3.8, 4) is 22.3 Å². The maximum Gasteiger partial charge on any atom is 0.135 e. The lowest BCUT2D eigenvalue weighted by Gasteiger charge is -2.30. The number of para-hydroxylation sites is 5. The number of anilines is 9. The Bertz CT molecular complexity index is 3510. The van der Waals surface area contributed by atoms with E-state index in [0.29, 0.717) is 0 Å². The van der Waals surface area contributed by atoms with Gasteiger partial charge in [-0.15, -0.1) is 0 Å². The first-order chi connectivity index (χ1) is 33.7. The molecule has 0 atom stereocenters. The van der Waals surface area contributed by atoms with Gasteiger partial charge in [0.2, 0.25) is 0 Å². The van der Waals surface area contributed by atoms with E-state index in [1.807, 2.05) is 12.1 Å². The highest BCUT2D eigenvalue weighted by molar-refractivity contribution is 6.09. The minimum absolute atomic E-state index is 0.865. The number of benzene rings is 11. The first kappa shape index (κ1) is 40.4. The molecule has 1 aromatic heterocycles. The van der Waals surface area contributed by atoms with Crippen molar-refractivity contribution in [2.24, 2.45) is 0 Å². The number of nitrogens with zero attached hydrogens (tertiary/aromatic N) is 3. The molecule has 0 bridgehead atoms. The van der Waals surface area contributed by atoms with E-state index >= 15 is 0 Å². The van der Waals surface area contributed by atoms with Crippen LogP contribution in [0.1, 0.15) is 0 Å². The fraction of sp³-hybridized carbons (Fsp3) is 0. The van der Waals surface area contributed by atoms with Crippen molar-refractivity contribution >= 4 is 83.9 Å². The third kappa shape index (κ3) is 7.60. The second-order valence-corrected chi connectivity index (χ2v) is 17.0. The molecule has 68 heavy (non-hydrogen) atoms. The monoisotopic (exact) mass is 871 g/mol. The highest BCUT2D eigenvalue weighted by Gasteiger charge is 2.22. The van der Waals surface area contributed by atoms with Crippen LogP contribution < -0.4 is 14.7 Å². The molecular formula is C64H45N3O. The van der Waals surface area contributed by atoms with Crippen molar-refractivity contribution in [1.29, 1.82) is 0 Å². The van der Waals surface area contributed by atoms with Crippen LogP contribution in [0.3, 0.4) is 0 Å². The van der Waals surface area contributed by atoms with Crippen molar-refractivity contribution < 1.29 is 4.42 Å². The Morgan fingerprint density at radius 2 is 0.662 bits per heavy atom. The zero-order chi connectivity index (χ0) is 45.2. The largest absolute Gasteiger partial charge is 0.456 e. The van der Waals surface area contributed by atoms with Gasteiger partial charge in [-0.3, -0.25) is 0 Å². The van der Waals surface area contributed by atoms with Crippen molar-refractivity contribution in [3.63, 3.8) is 0 Å². The Labute approximate surface area is 396 Å². The Balaban J connectivity index is 1.09. The Hall–Kier alpha value is -9.12. The summed E-state index contributed by atoms with van der Waals surface area (Å²) in [5.74, 6) is 0. The molecule has 0 N–H and O–H groups in total. The SMILES string of the molecule is c1ccc(-c2cccc(N(c3ccc4oc5ccccc5c4c3)c3cccc4c(-c5cc(N(c6ccccc6)c6ccccc6)cc(N(c6ccccc6)c6ccccc6)c5)cccc34)c2)cc1. The molecule has 0 spiro atoms. The van der Waals surface area contributed by atoms with Gasteiger partial charge in [0.1, 0.15) is 11.2 Å². The van der Waals surface area contributed by atoms with Gasteiger partial charge < -0.3 is 19.1 Å². The summed E-state index contributed by atoms with van der Waals surface area (Å²) >= 11 is 0. The predicted octanol–water partition coefficient (Wildman–Crippen LogP) is 18.5. The fourth-order valence-electron chi connectivity index (χ4n) is 9.69. The summed E-state index contributed by atoms with van der Waals surface area (Å²) in [5, 5.41) is 4.45. The Morgan fingerprint density at radius 3 is 1.28 bits per heavy atom. The molecule has 0 aliphatic carbocycles. The van der Waals surface area contributed by atoms with Crippen LogP contribution in [0, 0.1) is 0 Å². The minimum atomic E-state index is 0.865. The molecule has 0 radical (unpaired) electrons. The van der Waals surface area contributed by atoms with E-state index in [1.165, 1.54) is 5.56 Å². The van der Waals surface area contributed by atoms with Gasteiger partial charge >= 0.3 is 0 Å². The molecule has 0 aliphatic heterocycles. The van der Waals surface area contributed by atoms with Crippen molar-refractivity contribution in [1.82, 2.24) is 0 Å². The standard InChI is InChI=1S/C64H45N3O/c1-6-21-46(22-7-1)47-23-18-32-53(41-47)67(54-39-40-64-61(45-54)60-33-16-17-38-63(60)68-64)62-37-20-35-58-57(34-19-36-59(58)62)48-42-55(65(49-24-8-2-9-25-49)50-26-10-3-11-27-50)44-56(43-48)66(51-28-12-4-13-29-51)52-30-14-5-15-31-52/h1-45H. The molecule has 12 aromatic rings. The van der Waals surface area contributed by atoms with Crippen LogP contribution in [-0.4, -0.2) is 0 Å². The van der Waals surface area contributed by atoms with Crippen LogP contribution in [0.2, 0.25) is 0 Å². The van der Waals surface area contributed by atoms with Gasteiger partial charge in [-0.2, -0.15) is 0 Å². The molecule has 4 heteroatoms. The summed E-state index contributed by atoms with van der Waals surface area (Å²) in [7, 11) is 0. The second-order valence-electron chi connectivity index (χ2n) is 17.0. The summed E-state index contributed by atoms with van der Waals surface area (Å²) in [6, 6.07) is 97.4. The molecule has 0 saturated carbocycles. The van der Waals surface area contributed by atoms with Crippen molar-refractivity contribution in [2.45, 2.75) is 0 Å². The lowest BCUT2D eigenvalue weighted by molar-refractivity contribution is 0.669. The number of furan rings is 1. The van der Waals surface area contributed by atoms with Gasteiger partial charge in [-0.05, 0) is 137 Å². The number of rotatable bonds is 11. The zero-order valence-electron chi connectivity index (χ0n) is 37.2. The number of fused-ring (bicyclic) bond motifs is 4. The summed E-state index contributed by atoms with van der Waals surface area (Å²) in [6.45, 7) is 0. The first-order valence-electron chi connectivity index (χ1n) is 23.1. The molecule has 0 unspecified atom stereocenters. The quantitative estimate of drug-likeness (QED) is 0.129. The summed E-state index contributed by atoms with van der Waals surface area (Å²) < 4.78 is 6.35. The zero-order valence-corrected chi connectivity index (χ0v) is 37.2. The fourth-order valence-corrected chi connectivity index (χ4v) is 9.69. The third-order valence-electron chi connectivity index (χ3n) is 12.8. The molecule has 1 heterocycles. The van der Waals surface area contributed by atoms with Crippen LogP contribution in [0.25, 0.3) is 55.0 Å². The molecule has 11 aromatic carbocycles. The van der Waals surface area contributed by atoms with E-state index in [1.54, 1.807) is 0 Å². The van der Waals surface area contributed by atoms with Crippen LogP contribution >= 0.6 is 0 Å². The highest BCUT2D eigenvalue weighted by atomic mass is 16.3. The van der Waals surface area contributed by atoms with Crippen molar-refractivity contribution in [3.05, 3.63) is 273 Å². The third-order valence-corrected chi connectivity index (χ3v) is 12.8. The van der Waals surface area contributed by atoms with E-state index in [0.717, 1.165) is 101 Å². The first-order valence-corrected chi connectivity index (χ1v) is 23.1. The lowest BCUT2D eigenvalue weighted by Crippen LogP contribution is -2.13. The predicted molar refractivity (Wildman–Crippen MR) is 286 cm³/mol. The van der Waals surface area contributed by atoms with Crippen molar-refractivity contribution in [2.75, 3.05) is 14.7 Å². The molecule has 322 valence electrons. The smallest absolute Gasteiger partial charge is 0.135 e. The average molecular weight is 872 g/mol. The Morgan fingerprint density at radius 1 is 0.221 bits per heavy atom. The Kier molecular flexibility index (Phi) is 10.5. The summed E-state index contributed by atoms with van der Waals surface area (Å²) in [5.41, 5.74) is 15.8. The second kappa shape index (κ2) is 17.7.